The molecule has 1 aromatic rings. The largest absolute Gasteiger partial charge is 0.315 e. The number of rotatable bonds is 8. The maximum atomic E-state index is 3.77. The number of benzene rings is 1. The summed E-state index contributed by atoms with van der Waals surface area (Å²) >= 11 is 0. The van der Waals surface area contributed by atoms with Crippen LogP contribution in [0.15, 0.2) is 18.2 Å². The number of nitrogens with one attached hydrogen (secondary N) is 2. The second-order valence-electron chi connectivity index (χ2n) is 7.51. The van der Waals surface area contributed by atoms with Gasteiger partial charge in [0.15, 0.2) is 0 Å². The van der Waals surface area contributed by atoms with Crippen molar-refractivity contribution in [1.29, 1.82) is 0 Å². The minimum Gasteiger partial charge on any atom is -0.315 e. The zero-order valence-electron chi connectivity index (χ0n) is 14.3. The third kappa shape index (κ3) is 4.11. The Bertz CT molecular complexity index is 483. The Morgan fingerprint density at radius 2 is 1.91 bits per heavy atom. The zero-order chi connectivity index (χ0) is 15.4. The van der Waals surface area contributed by atoms with Gasteiger partial charge in [-0.25, -0.2) is 0 Å². The lowest BCUT2D eigenvalue weighted by Crippen LogP contribution is -2.38. The third-order valence-electron chi connectivity index (χ3n) is 5.84. The van der Waals surface area contributed by atoms with Gasteiger partial charge in [-0.1, -0.05) is 24.6 Å². The molecule has 0 amide bonds. The van der Waals surface area contributed by atoms with Crippen molar-refractivity contribution in [3.63, 3.8) is 0 Å². The molecule has 3 unspecified atom stereocenters. The summed E-state index contributed by atoms with van der Waals surface area (Å²) in [6.45, 7) is 7.77. The second kappa shape index (κ2) is 7.61. The van der Waals surface area contributed by atoms with Gasteiger partial charge in [-0.15, -0.1) is 0 Å². The van der Waals surface area contributed by atoms with Crippen LogP contribution in [0, 0.1) is 25.7 Å². The molecule has 0 aliphatic heterocycles. The molecular weight excluding hydrogens is 268 g/mol. The topological polar surface area (TPSA) is 24.1 Å². The average molecular weight is 300 g/mol. The molecule has 0 radical (unpaired) electrons. The Hall–Kier alpha value is -0.860. The van der Waals surface area contributed by atoms with Crippen molar-refractivity contribution in [3.8, 4) is 0 Å². The molecule has 3 atom stereocenters. The molecule has 2 bridgehead atoms. The summed E-state index contributed by atoms with van der Waals surface area (Å²) in [4.78, 5) is 0. The highest BCUT2D eigenvalue weighted by Gasteiger charge is 2.38. The van der Waals surface area contributed by atoms with Gasteiger partial charge in [-0.2, -0.15) is 0 Å². The molecule has 0 aromatic heterocycles. The molecule has 1 aromatic carbocycles. The van der Waals surface area contributed by atoms with E-state index >= 15 is 0 Å². The van der Waals surface area contributed by atoms with Crippen molar-refractivity contribution >= 4 is 0 Å². The zero-order valence-corrected chi connectivity index (χ0v) is 14.3. The monoisotopic (exact) mass is 300 g/mol. The van der Waals surface area contributed by atoms with Crippen molar-refractivity contribution in [3.05, 3.63) is 34.9 Å². The lowest BCUT2D eigenvalue weighted by molar-refractivity contribution is 0.351. The van der Waals surface area contributed by atoms with Crippen molar-refractivity contribution in [1.82, 2.24) is 10.6 Å². The van der Waals surface area contributed by atoms with E-state index in [1.165, 1.54) is 55.2 Å². The van der Waals surface area contributed by atoms with Gasteiger partial charge in [0.25, 0.3) is 0 Å². The molecule has 0 heterocycles. The van der Waals surface area contributed by atoms with Gasteiger partial charge >= 0.3 is 0 Å². The smallest absolute Gasteiger partial charge is 0.00986 e. The molecule has 3 rings (SSSR count). The van der Waals surface area contributed by atoms with Crippen LogP contribution in [-0.4, -0.2) is 25.7 Å². The van der Waals surface area contributed by atoms with E-state index in [1.54, 1.807) is 0 Å². The van der Waals surface area contributed by atoms with Gasteiger partial charge in [0.2, 0.25) is 0 Å². The first-order valence-corrected chi connectivity index (χ1v) is 9.22. The van der Waals surface area contributed by atoms with E-state index in [2.05, 4.69) is 42.7 Å². The first kappa shape index (κ1) is 16.0. The molecule has 0 spiro atoms. The number of aryl methyl sites for hydroxylation is 3. The van der Waals surface area contributed by atoms with Crippen LogP contribution in [0.5, 0.6) is 0 Å². The fourth-order valence-electron chi connectivity index (χ4n) is 4.34. The first-order valence-electron chi connectivity index (χ1n) is 9.22. The second-order valence-corrected chi connectivity index (χ2v) is 7.51. The summed E-state index contributed by atoms with van der Waals surface area (Å²) in [7, 11) is 0. The highest BCUT2D eigenvalue weighted by molar-refractivity contribution is 5.29. The molecule has 22 heavy (non-hydrogen) atoms. The van der Waals surface area contributed by atoms with Crippen molar-refractivity contribution < 1.29 is 0 Å². The van der Waals surface area contributed by atoms with E-state index in [4.69, 9.17) is 0 Å². The lowest BCUT2D eigenvalue weighted by Gasteiger charge is -2.23. The summed E-state index contributed by atoms with van der Waals surface area (Å²) in [5, 5.41) is 7.36. The molecule has 2 N–H and O–H groups in total. The van der Waals surface area contributed by atoms with Crippen LogP contribution in [0.3, 0.4) is 0 Å². The van der Waals surface area contributed by atoms with Crippen LogP contribution in [0.4, 0.5) is 0 Å². The molecule has 2 saturated carbocycles. The molecule has 2 aliphatic carbocycles. The Morgan fingerprint density at radius 1 is 1.00 bits per heavy atom. The Morgan fingerprint density at radius 3 is 2.64 bits per heavy atom. The fourth-order valence-corrected chi connectivity index (χ4v) is 4.34. The van der Waals surface area contributed by atoms with E-state index in [-0.39, 0.29) is 0 Å². The minimum absolute atomic E-state index is 0.830. The van der Waals surface area contributed by atoms with Gasteiger partial charge in [0.1, 0.15) is 0 Å². The van der Waals surface area contributed by atoms with Crippen molar-refractivity contribution in [2.45, 2.75) is 58.4 Å². The normalized spacial score (nSPS) is 26.7. The fraction of sp³-hybridized carbons (Fsp3) is 0.700. The molecular formula is C20H32N2. The van der Waals surface area contributed by atoms with Gasteiger partial charge in [-0.05, 0) is 81.0 Å². The van der Waals surface area contributed by atoms with Crippen LogP contribution in [-0.2, 0) is 6.42 Å². The van der Waals surface area contributed by atoms with Gasteiger partial charge < -0.3 is 10.6 Å². The molecule has 0 saturated heterocycles. The maximum Gasteiger partial charge on any atom is 0.00986 e. The SMILES string of the molecule is Cc1ccc(CCCNCCNC2CC3CCC2C3)cc1C. The Balaban J connectivity index is 1.23. The molecule has 2 fully saturated rings. The van der Waals surface area contributed by atoms with E-state index in [0.717, 1.165) is 37.5 Å². The minimum atomic E-state index is 0.830. The lowest BCUT2D eigenvalue weighted by atomic mass is 9.95. The third-order valence-corrected chi connectivity index (χ3v) is 5.84. The van der Waals surface area contributed by atoms with E-state index < -0.39 is 0 Å². The first-order chi connectivity index (χ1) is 10.7. The summed E-state index contributed by atoms with van der Waals surface area (Å²) in [6.07, 6.45) is 8.34. The molecule has 2 heteroatoms. The summed E-state index contributed by atoms with van der Waals surface area (Å²) in [6, 6.07) is 7.69. The number of fused-ring (bicyclic) bond motifs is 2. The van der Waals surface area contributed by atoms with Gasteiger partial charge in [-0.3, -0.25) is 0 Å². The quantitative estimate of drug-likeness (QED) is 0.717. The van der Waals surface area contributed by atoms with E-state index in [9.17, 15) is 0 Å². The maximum absolute atomic E-state index is 3.77. The van der Waals surface area contributed by atoms with E-state index in [0.29, 0.717) is 0 Å². The van der Waals surface area contributed by atoms with Crippen LogP contribution in [0.1, 0.15) is 48.8 Å². The molecule has 2 aliphatic rings. The highest BCUT2D eigenvalue weighted by Crippen LogP contribution is 2.44. The average Bonchev–Trinajstić information content (AvgIpc) is 3.12. The van der Waals surface area contributed by atoms with Crippen molar-refractivity contribution in [2.24, 2.45) is 11.8 Å². The molecule has 2 nitrogen and oxygen atoms in total. The number of hydrogen-bond donors (Lipinski definition) is 2. The Labute approximate surface area is 136 Å². The van der Waals surface area contributed by atoms with Crippen LogP contribution in [0.25, 0.3) is 0 Å². The Kier molecular flexibility index (Phi) is 5.54. The predicted molar refractivity (Wildman–Crippen MR) is 94.3 cm³/mol. The van der Waals surface area contributed by atoms with Gasteiger partial charge in [0.05, 0.1) is 0 Å². The summed E-state index contributed by atoms with van der Waals surface area (Å²) in [5.41, 5.74) is 4.29. The van der Waals surface area contributed by atoms with Gasteiger partial charge in [0, 0.05) is 19.1 Å². The van der Waals surface area contributed by atoms with Crippen molar-refractivity contribution in [2.75, 3.05) is 19.6 Å². The summed E-state index contributed by atoms with van der Waals surface area (Å²) in [5.74, 6) is 2.04. The van der Waals surface area contributed by atoms with E-state index in [1.807, 2.05) is 0 Å². The number of hydrogen-bond acceptors (Lipinski definition) is 2. The van der Waals surface area contributed by atoms with Crippen LogP contribution in [0.2, 0.25) is 0 Å². The molecule has 122 valence electrons. The van der Waals surface area contributed by atoms with Crippen LogP contribution < -0.4 is 10.6 Å². The summed E-state index contributed by atoms with van der Waals surface area (Å²) < 4.78 is 0. The standard InChI is InChI=1S/C20H32N2/c1-15-5-6-17(12-16(15)2)4-3-9-21-10-11-22-20-14-18-7-8-19(20)13-18/h5-6,12,18-22H,3-4,7-11,13-14H2,1-2H3. The van der Waals surface area contributed by atoms with Crippen LogP contribution >= 0.6 is 0 Å². The predicted octanol–water partition coefficient (Wildman–Crippen LogP) is 3.60. The highest BCUT2D eigenvalue weighted by atomic mass is 15.0.